The zero-order chi connectivity index (χ0) is 11.7. The Balaban J connectivity index is 2.52. The van der Waals surface area contributed by atoms with E-state index >= 15 is 0 Å². The van der Waals surface area contributed by atoms with Crippen LogP contribution in [0.3, 0.4) is 0 Å². The molecule has 2 aromatic rings. The topological polar surface area (TPSA) is 63.1 Å². The molecule has 1 N–H and O–H groups in total. The third kappa shape index (κ3) is 1.94. The molecule has 2 rings (SSSR count). The van der Waals surface area contributed by atoms with Gasteiger partial charge >= 0.3 is 5.97 Å². The van der Waals surface area contributed by atoms with Crippen molar-refractivity contribution in [2.24, 2.45) is 0 Å². The van der Waals surface area contributed by atoms with Crippen molar-refractivity contribution < 1.29 is 9.90 Å². The highest BCUT2D eigenvalue weighted by atomic mass is 32.1. The Labute approximate surface area is 96.6 Å². The Kier molecular flexibility index (Phi) is 2.70. The van der Waals surface area contributed by atoms with Gasteiger partial charge < -0.3 is 5.11 Å². The van der Waals surface area contributed by atoms with E-state index in [1.807, 2.05) is 26.0 Å². The summed E-state index contributed by atoms with van der Waals surface area (Å²) >= 11 is 1.19. The van der Waals surface area contributed by atoms with E-state index in [-0.39, 0.29) is 5.01 Å². The van der Waals surface area contributed by atoms with Gasteiger partial charge in [-0.15, -0.1) is 11.3 Å². The Bertz CT molecular complexity index is 549. The first-order valence-corrected chi connectivity index (χ1v) is 5.53. The Morgan fingerprint density at radius 1 is 1.44 bits per heavy atom. The summed E-state index contributed by atoms with van der Waals surface area (Å²) < 4.78 is 0. The fraction of sp³-hybridized carbons (Fsp3) is 0.182. The number of rotatable bonds is 2. The molecular formula is C11H10N2O2S. The van der Waals surface area contributed by atoms with Crippen molar-refractivity contribution in [3.8, 4) is 10.4 Å². The quantitative estimate of drug-likeness (QED) is 0.867. The third-order valence-corrected chi connectivity index (χ3v) is 3.33. The van der Waals surface area contributed by atoms with E-state index in [0.29, 0.717) is 0 Å². The molecule has 0 aromatic carbocycles. The normalized spacial score (nSPS) is 10.4. The van der Waals surface area contributed by atoms with Crippen LogP contribution in [0.25, 0.3) is 10.4 Å². The SMILES string of the molecule is Cc1cc(-c2sc(C(=O)O)nc2C)ccn1. The van der Waals surface area contributed by atoms with Gasteiger partial charge in [0, 0.05) is 11.9 Å². The summed E-state index contributed by atoms with van der Waals surface area (Å²) in [5, 5.41) is 8.99. The van der Waals surface area contributed by atoms with E-state index in [2.05, 4.69) is 9.97 Å². The summed E-state index contributed by atoms with van der Waals surface area (Å²) in [6.07, 6.45) is 1.71. The fourth-order valence-corrected chi connectivity index (χ4v) is 2.34. The Morgan fingerprint density at radius 3 is 2.75 bits per heavy atom. The van der Waals surface area contributed by atoms with E-state index in [0.717, 1.165) is 21.8 Å². The minimum Gasteiger partial charge on any atom is -0.476 e. The van der Waals surface area contributed by atoms with Crippen molar-refractivity contribution in [3.05, 3.63) is 34.7 Å². The van der Waals surface area contributed by atoms with Gasteiger partial charge in [-0.25, -0.2) is 9.78 Å². The number of carboxylic acid groups (broad SMARTS) is 1. The standard InChI is InChI=1S/C11H10N2O2S/c1-6-5-8(3-4-12-6)9-7(2)13-10(16-9)11(14)15/h3-5H,1-2H3,(H,14,15). The summed E-state index contributed by atoms with van der Waals surface area (Å²) in [7, 11) is 0. The molecule has 0 bridgehead atoms. The number of hydrogen-bond donors (Lipinski definition) is 1. The molecule has 16 heavy (non-hydrogen) atoms. The molecule has 0 aliphatic rings. The number of thiazole rings is 1. The van der Waals surface area contributed by atoms with Gasteiger partial charge in [-0.05, 0) is 31.5 Å². The van der Waals surface area contributed by atoms with E-state index in [4.69, 9.17) is 5.11 Å². The van der Waals surface area contributed by atoms with Crippen molar-refractivity contribution in [1.29, 1.82) is 0 Å². The third-order valence-electron chi connectivity index (χ3n) is 2.14. The number of aryl methyl sites for hydroxylation is 2. The van der Waals surface area contributed by atoms with E-state index < -0.39 is 5.97 Å². The molecule has 0 saturated heterocycles. The lowest BCUT2D eigenvalue weighted by Crippen LogP contribution is -1.93. The molecule has 2 heterocycles. The van der Waals surface area contributed by atoms with Crippen molar-refractivity contribution in [2.75, 3.05) is 0 Å². The van der Waals surface area contributed by atoms with Crippen LogP contribution in [0.2, 0.25) is 0 Å². The number of aromatic nitrogens is 2. The lowest BCUT2D eigenvalue weighted by Gasteiger charge is -1.98. The monoisotopic (exact) mass is 234 g/mol. The number of carboxylic acids is 1. The smallest absolute Gasteiger partial charge is 0.365 e. The van der Waals surface area contributed by atoms with Crippen LogP contribution in [0.15, 0.2) is 18.3 Å². The van der Waals surface area contributed by atoms with Crippen molar-refractivity contribution >= 4 is 17.3 Å². The van der Waals surface area contributed by atoms with Crippen molar-refractivity contribution in [3.63, 3.8) is 0 Å². The maximum atomic E-state index is 10.8. The van der Waals surface area contributed by atoms with Gasteiger partial charge in [0.1, 0.15) is 0 Å². The van der Waals surface area contributed by atoms with Crippen LogP contribution >= 0.6 is 11.3 Å². The second kappa shape index (κ2) is 4.02. The summed E-state index contributed by atoms with van der Waals surface area (Å²) in [5.41, 5.74) is 2.62. The predicted molar refractivity (Wildman–Crippen MR) is 61.8 cm³/mol. The molecule has 5 heteroatoms. The Hall–Kier alpha value is -1.75. The number of carbonyl (C=O) groups is 1. The van der Waals surface area contributed by atoms with Crippen LogP contribution in [0, 0.1) is 13.8 Å². The minimum absolute atomic E-state index is 0.127. The van der Waals surface area contributed by atoms with Crippen molar-refractivity contribution in [1.82, 2.24) is 9.97 Å². The van der Waals surface area contributed by atoms with Crippen LogP contribution in [-0.2, 0) is 0 Å². The molecule has 0 atom stereocenters. The molecule has 2 aromatic heterocycles. The molecule has 4 nitrogen and oxygen atoms in total. The molecule has 0 radical (unpaired) electrons. The molecule has 0 aliphatic heterocycles. The lowest BCUT2D eigenvalue weighted by molar-refractivity contribution is 0.0696. The van der Waals surface area contributed by atoms with Crippen LogP contribution in [0.4, 0.5) is 0 Å². The number of pyridine rings is 1. The zero-order valence-corrected chi connectivity index (χ0v) is 9.71. The van der Waals surface area contributed by atoms with E-state index in [9.17, 15) is 4.79 Å². The van der Waals surface area contributed by atoms with Crippen LogP contribution in [-0.4, -0.2) is 21.0 Å². The van der Waals surface area contributed by atoms with Crippen LogP contribution in [0.1, 0.15) is 21.2 Å². The number of hydrogen-bond acceptors (Lipinski definition) is 4. The highest BCUT2D eigenvalue weighted by molar-refractivity contribution is 7.17. The second-order valence-electron chi connectivity index (χ2n) is 3.42. The fourth-order valence-electron chi connectivity index (χ4n) is 1.44. The summed E-state index contributed by atoms with van der Waals surface area (Å²) in [6, 6.07) is 3.78. The highest BCUT2D eigenvalue weighted by Crippen LogP contribution is 2.29. The van der Waals surface area contributed by atoms with Crippen molar-refractivity contribution in [2.45, 2.75) is 13.8 Å². The van der Waals surface area contributed by atoms with Gasteiger partial charge in [-0.3, -0.25) is 4.98 Å². The molecule has 0 amide bonds. The first-order chi connectivity index (χ1) is 7.58. The number of aromatic carboxylic acids is 1. The molecule has 0 unspecified atom stereocenters. The first-order valence-electron chi connectivity index (χ1n) is 4.71. The van der Waals surface area contributed by atoms with Gasteiger partial charge in [0.2, 0.25) is 5.01 Å². The average molecular weight is 234 g/mol. The van der Waals surface area contributed by atoms with Gasteiger partial charge in [-0.2, -0.15) is 0 Å². The lowest BCUT2D eigenvalue weighted by atomic mass is 10.2. The van der Waals surface area contributed by atoms with Crippen LogP contribution in [0.5, 0.6) is 0 Å². The minimum atomic E-state index is -0.981. The highest BCUT2D eigenvalue weighted by Gasteiger charge is 2.14. The summed E-state index contributed by atoms with van der Waals surface area (Å²) in [4.78, 5) is 19.8. The Morgan fingerprint density at radius 2 is 2.19 bits per heavy atom. The van der Waals surface area contributed by atoms with Gasteiger partial charge in [0.25, 0.3) is 0 Å². The average Bonchev–Trinajstić information content (AvgIpc) is 2.60. The summed E-state index contributed by atoms with van der Waals surface area (Å²) in [5.74, 6) is -0.981. The molecule has 0 fully saturated rings. The zero-order valence-electron chi connectivity index (χ0n) is 8.89. The maximum Gasteiger partial charge on any atom is 0.365 e. The van der Waals surface area contributed by atoms with Gasteiger partial charge in [0.15, 0.2) is 0 Å². The van der Waals surface area contributed by atoms with Crippen LogP contribution < -0.4 is 0 Å². The van der Waals surface area contributed by atoms with Gasteiger partial charge in [-0.1, -0.05) is 0 Å². The largest absolute Gasteiger partial charge is 0.476 e. The van der Waals surface area contributed by atoms with E-state index in [1.54, 1.807) is 6.20 Å². The first kappa shape index (κ1) is 10.8. The summed E-state index contributed by atoms with van der Waals surface area (Å²) in [6.45, 7) is 3.71. The molecule has 0 aliphatic carbocycles. The molecule has 82 valence electrons. The van der Waals surface area contributed by atoms with Gasteiger partial charge in [0.05, 0.1) is 10.6 Å². The molecule has 0 spiro atoms. The second-order valence-corrected chi connectivity index (χ2v) is 4.42. The maximum absolute atomic E-state index is 10.8. The molecule has 0 saturated carbocycles. The predicted octanol–water partition coefficient (Wildman–Crippen LogP) is 2.52. The number of nitrogens with zero attached hydrogens (tertiary/aromatic N) is 2. The molecular weight excluding hydrogens is 224 g/mol. The van der Waals surface area contributed by atoms with E-state index in [1.165, 1.54) is 11.3 Å².